The summed E-state index contributed by atoms with van der Waals surface area (Å²) in [4.78, 5) is 4.77. The number of hydrogen-bond donors (Lipinski definition) is 0. The van der Waals surface area contributed by atoms with Crippen LogP contribution in [0.3, 0.4) is 0 Å². The maximum Gasteiger partial charge on any atom is 0.673 e. The van der Waals surface area contributed by atoms with Crippen molar-refractivity contribution in [3.63, 3.8) is 0 Å². The molecule has 0 saturated carbocycles. The molecule has 0 aliphatic carbocycles. The second-order valence-corrected chi connectivity index (χ2v) is 6.89. The van der Waals surface area contributed by atoms with Gasteiger partial charge in [0.1, 0.15) is 11.3 Å². The van der Waals surface area contributed by atoms with Crippen molar-refractivity contribution in [2.24, 2.45) is 0 Å². The number of halogens is 4. The second kappa shape index (κ2) is 7.08. The Morgan fingerprint density at radius 3 is 2.04 bits per heavy atom. The normalized spacial score (nSPS) is 11.4. The van der Waals surface area contributed by atoms with Gasteiger partial charge >= 0.3 is 7.25 Å². The van der Waals surface area contributed by atoms with Crippen molar-refractivity contribution in [1.82, 2.24) is 9.38 Å². The summed E-state index contributed by atoms with van der Waals surface area (Å²) < 4.78 is 41.2. The standard InChI is InChI=1S/C15H15N2S.BF4/c1-18(2)15-14(12-8-4-3-5-9-12)16-13-10-6-7-11-17(13)15;2-1(3,4)5/h3-11H,1-2H3;/q;-1. The summed E-state index contributed by atoms with van der Waals surface area (Å²) >= 11 is 0. The number of rotatable bonds is 2. The van der Waals surface area contributed by atoms with E-state index in [1.807, 2.05) is 12.1 Å². The van der Waals surface area contributed by atoms with E-state index in [0.717, 1.165) is 11.3 Å². The fraction of sp³-hybridized carbons (Fsp3) is 0.133. The van der Waals surface area contributed by atoms with Gasteiger partial charge < -0.3 is 17.3 Å². The molecular weight excluding hydrogens is 327 g/mol. The van der Waals surface area contributed by atoms with Gasteiger partial charge in [0, 0.05) is 11.8 Å². The summed E-state index contributed by atoms with van der Waals surface area (Å²) in [6.45, 7) is 0. The molecule has 3 rings (SSSR count). The molecule has 0 N–H and O–H groups in total. The Morgan fingerprint density at radius 2 is 1.48 bits per heavy atom. The molecule has 0 unspecified atom stereocenters. The Kier molecular flexibility index (Phi) is 5.36. The highest BCUT2D eigenvalue weighted by atomic mass is 32.2. The van der Waals surface area contributed by atoms with Gasteiger partial charge in [0.25, 0.3) is 0 Å². The van der Waals surface area contributed by atoms with Crippen molar-refractivity contribution in [3.8, 4) is 11.3 Å². The van der Waals surface area contributed by atoms with E-state index in [-0.39, 0.29) is 10.9 Å². The van der Waals surface area contributed by atoms with Crippen LogP contribution in [0.15, 0.2) is 59.8 Å². The van der Waals surface area contributed by atoms with E-state index in [4.69, 9.17) is 4.98 Å². The minimum absolute atomic E-state index is 0.166. The topological polar surface area (TPSA) is 17.3 Å². The highest BCUT2D eigenvalue weighted by Gasteiger charge is 2.20. The summed E-state index contributed by atoms with van der Waals surface area (Å²) in [5.41, 5.74) is 3.32. The zero-order valence-electron chi connectivity index (χ0n) is 12.6. The van der Waals surface area contributed by atoms with Gasteiger partial charge in [-0.15, -0.1) is 0 Å². The average molecular weight is 342 g/mol. The molecule has 2 aromatic heterocycles. The van der Waals surface area contributed by atoms with Crippen LogP contribution in [0, 0.1) is 0 Å². The van der Waals surface area contributed by atoms with Crippen molar-refractivity contribution in [1.29, 1.82) is 0 Å². The van der Waals surface area contributed by atoms with Crippen molar-refractivity contribution < 1.29 is 17.3 Å². The van der Waals surface area contributed by atoms with Gasteiger partial charge in [-0.2, -0.15) is 10.9 Å². The van der Waals surface area contributed by atoms with Crippen LogP contribution < -0.4 is 0 Å². The minimum atomic E-state index is -6.00. The molecule has 0 bridgehead atoms. The van der Waals surface area contributed by atoms with Crippen LogP contribution in [-0.2, 0) is 0 Å². The van der Waals surface area contributed by atoms with Crippen molar-refractivity contribution in [2.75, 3.05) is 12.5 Å². The van der Waals surface area contributed by atoms with E-state index in [0.29, 0.717) is 0 Å². The Morgan fingerprint density at radius 1 is 0.913 bits per heavy atom. The number of hydrogen-bond acceptors (Lipinski definition) is 1. The first-order valence-electron chi connectivity index (χ1n) is 6.75. The maximum atomic E-state index is 9.75. The van der Waals surface area contributed by atoms with Crippen LogP contribution in [-0.4, -0.2) is 29.2 Å². The van der Waals surface area contributed by atoms with E-state index in [2.05, 4.69) is 59.5 Å². The Hall–Kier alpha value is -1.96. The summed E-state index contributed by atoms with van der Waals surface area (Å²) in [5, 5.41) is 1.30. The van der Waals surface area contributed by atoms with Gasteiger partial charge in [0.15, 0.2) is 0 Å². The summed E-state index contributed by atoms with van der Waals surface area (Å²) in [6.07, 6.45) is 6.57. The fourth-order valence-electron chi connectivity index (χ4n) is 2.15. The molecule has 0 amide bonds. The highest BCUT2D eigenvalue weighted by molar-refractivity contribution is 8.15. The first kappa shape index (κ1) is 17.4. The van der Waals surface area contributed by atoms with Gasteiger partial charge in [-0.05, 0) is 24.6 Å². The van der Waals surface area contributed by atoms with Gasteiger partial charge in [-0.3, -0.25) is 4.40 Å². The van der Waals surface area contributed by atoms with Crippen LogP contribution in [0.25, 0.3) is 16.9 Å². The molecule has 0 aliphatic rings. The quantitative estimate of drug-likeness (QED) is 0.463. The molecular formula is C15H15BF4N2S-. The molecule has 2 heterocycles. The lowest BCUT2D eigenvalue weighted by Gasteiger charge is -2.10. The first-order chi connectivity index (χ1) is 10.8. The van der Waals surface area contributed by atoms with E-state index in [9.17, 15) is 17.3 Å². The van der Waals surface area contributed by atoms with Crippen LogP contribution in [0.5, 0.6) is 0 Å². The first-order valence-corrected chi connectivity index (χ1v) is 8.79. The lowest BCUT2D eigenvalue weighted by atomic mass is 10.2. The monoisotopic (exact) mass is 342 g/mol. The van der Waals surface area contributed by atoms with Gasteiger partial charge in [-0.1, -0.05) is 36.4 Å². The molecule has 3 aromatic rings. The van der Waals surface area contributed by atoms with Gasteiger partial charge in [0.05, 0.1) is 5.03 Å². The van der Waals surface area contributed by atoms with Crippen LogP contribution in [0.2, 0.25) is 0 Å². The number of fused-ring (bicyclic) bond motifs is 1. The molecule has 0 fully saturated rings. The summed E-state index contributed by atoms with van der Waals surface area (Å²) in [7, 11) is -5.83. The largest absolute Gasteiger partial charge is 0.673 e. The molecule has 0 saturated heterocycles. The molecule has 2 nitrogen and oxygen atoms in total. The number of pyridine rings is 1. The predicted octanol–water partition coefficient (Wildman–Crippen LogP) is 5.19. The smallest absolute Gasteiger partial charge is 0.418 e. The number of nitrogens with zero attached hydrogens (tertiary/aromatic N) is 2. The van der Waals surface area contributed by atoms with E-state index < -0.39 is 7.25 Å². The van der Waals surface area contributed by atoms with Crippen LogP contribution in [0.1, 0.15) is 0 Å². The zero-order valence-corrected chi connectivity index (χ0v) is 13.4. The SMILES string of the molecule is C[S](C)c1c(-c2ccccc2)nc2ccccn12.F[B-](F)(F)F. The van der Waals surface area contributed by atoms with E-state index in [1.54, 1.807) is 0 Å². The lowest BCUT2D eigenvalue weighted by molar-refractivity contribution is 0.368. The van der Waals surface area contributed by atoms with Crippen molar-refractivity contribution in [3.05, 3.63) is 54.7 Å². The number of imidazole rings is 1. The lowest BCUT2D eigenvalue weighted by Crippen LogP contribution is -2.02. The predicted molar refractivity (Wildman–Crippen MR) is 88.5 cm³/mol. The van der Waals surface area contributed by atoms with Crippen LogP contribution in [0.4, 0.5) is 17.3 Å². The maximum absolute atomic E-state index is 9.75. The third kappa shape index (κ3) is 4.76. The van der Waals surface area contributed by atoms with Crippen molar-refractivity contribution in [2.45, 2.75) is 5.03 Å². The highest BCUT2D eigenvalue weighted by Crippen LogP contribution is 2.37. The molecule has 8 heteroatoms. The molecule has 0 aliphatic heterocycles. The zero-order chi connectivity index (χ0) is 17.0. The molecule has 1 aromatic carbocycles. The van der Waals surface area contributed by atoms with Gasteiger partial charge in [-0.25, -0.2) is 4.98 Å². The number of aromatic nitrogens is 2. The van der Waals surface area contributed by atoms with Crippen LogP contribution >= 0.6 is 10.9 Å². The van der Waals surface area contributed by atoms with Gasteiger partial charge in [0.2, 0.25) is 0 Å². The number of benzene rings is 1. The third-order valence-corrected chi connectivity index (χ3v) is 4.08. The summed E-state index contributed by atoms with van der Waals surface area (Å²) in [6, 6.07) is 16.6. The third-order valence-electron chi connectivity index (χ3n) is 2.92. The Bertz CT molecular complexity index is 766. The molecule has 1 radical (unpaired) electrons. The van der Waals surface area contributed by atoms with E-state index >= 15 is 0 Å². The van der Waals surface area contributed by atoms with Crippen molar-refractivity contribution >= 4 is 23.8 Å². The average Bonchev–Trinajstić information content (AvgIpc) is 2.86. The fourth-order valence-corrected chi connectivity index (χ4v) is 3.25. The summed E-state index contributed by atoms with van der Waals surface area (Å²) in [5.74, 6) is 0. The molecule has 23 heavy (non-hydrogen) atoms. The second-order valence-electron chi connectivity index (χ2n) is 4.87. The molecule has 123 valence electrons. The molecule has 0 atom stereocenters. The Balaban J connectivity index is 0.000000338. The molecule has 0 spiro atoms. The minimum Gasteiger partial charge on any atom is -0.418 e. The Labute approximate surface area is 134 Å². The van der Waals surface area contributed by atoms with E-state index in [1.165, 1.54) is 10.6 Å².